The monoisotopic (exact) mass is 319 g/mol. The second kappa shape index (κ2) is 8.85. The molecule has 0 amide bonds. The molecule has 0 aromatic carbocycles. The Morgan fingerprint density at radius 3 is 2.55 bits per heavy atom. The third kappa shape index (κ3) is 5.73. The summed E-state index contributed by atoms with van der Waals surface area (Å²) in [6.07, 6.45) is 7.59. The maximum absolute atomic E-state index is 12.1. The van der Waals surface area contributed by atoms with E-state index in [1.165, 1.54) is 10.6 Å². The Labute approximate surface area is 137 Å². The number of carbonyl (C=O) groups is 1. The van der Waals surface area contributed by atoms with Crippen molar-refractivity contribution in [3.05, 3.63) is 34.2 Å². The molecule has 0 bridgehead atoms. The zero-order chi connectivity index (χ0) is 16.7. The van der Waals surface area contributed by atoms with Crippen molar-refractivity contribution in [1.82, 2.24) is 4.57 Å². The van der Waals surface area contributed by atoms with Crippen molar-refractivity contribution in [2.24, 2.45) is 11.8 Å². The highest BCUT2D eigenvalue weighted by atomic mass is 32.2. The summed E-state index contributed by atoms with van der Waals surface area (Å²) in [7, 11) is 0. The minimum Gasteiger partial charge on any atom is -0.304 e. The van der Waals surface area contributed by atoms with Crippen LogP contribution in [-0.4, -0.2) is 16.1 Å². The SMILES string of the molecule is C#CCn1cc(C(CC(=O)C(C)C)SCC(C)C)ccc1=O. The lowest BCUT2D eigenvalue weighted by Gasteiger charge is -2.19. The average Bonchev–Trinajstić information content (AvgIpc) is 2.45. The molecule has 4 heteroatoms. The molecule has 22 heavy (non-hydrogen) atoms. The highest BCUT2D eigenvalue weighted by molar-refractivity contribution is 7.99. The van der Waals surface area contributed by atoms with E-state index in [-0.39, 0.29) is 29.1 Å². The fraction of sp³-hybridized carbons (Fsp3) is 0.556. The molecule has 0 aliphatic heterocycles. The van der Waals surface area contributed by atoms with Gasteiger partial charge in [0.15, 0.2) is 0 Å². The van der Waals surface area contributed by atoms with Gasteiger partial charge in [-0.15, -0.1) is 6.42 Å². The highest BCUT2D eigenvalue weighted by Gasteiger charge is 2.19. The molecule has 0 aliphatic rings. The van der Waals surface area contributed by atoms with Gasteiger partial charge in [0.05, 0.1) is 6.54 Å². The average molecular weight is 319 g/mol. The van der Waals surface area contributed by atoms with Gasteiger partial charge < -0.3 is 4.57 Å². The second-order valence-electron chi connectivity index (χ2n) is 6.17. The predicted molar refractivity (Wildman–Crippen MR) is 94.0 cm³/mol. The minimum absolute atomic E-state index is 0.0266. The summed E-state index contributed by atoms with van der Waals surface area (Å²) < 4.78 is 1.53. The van der Waals surface area contributed by atoms with Gasteiger partial charge in [0.1, 0.15) is 5.78 Å². The van der Waals surface area contributed by atoms with Crippen LogP contribution >= 0.6 is 11.8 Å². The van der Waals surface area contributed by atoms with Crippen LogP contribution < -0.4 is 5.56 Å². The van der Waals surface area contributed by atoms with Crippen LogP contribution in [0.4, 0.5) is 0 Å². The standard InChI is InChI=1S/C18H25NO2S/c1-6-9-19-11-15(7-8-18(19)21)17(22-12-13(2)3)10-16(20)14(4)5/h1,7-8,11,13-14,17H,9-10,12H2,2-5H3. The van der Waals surface area contributed by atoms with Crippen molar-refractivity contribution in [3.8, 4) is 12.3 Å². The Morgan fingerprint density at radius 1 is 1.32 bits per heavy atom. The van der Waals surface area contributed by atoms with E-state index < -0.39 is 0 Å². The molecule has 0 saturated carbocycles. The minimum atomic E-state index is -0.107. The van der Waals surface area contributed by atoms with Crippen LogP contribution in [-0.2, 0) is 11.3 Å². The van der Waals surface area contributed by atoms with E-state index >= 15 is 0 Å². The first-order valence-corrected chi connectivity index (χ1v) is 8.68. The van der Waals surface area contributed by atoms with Crippen LogP contribution in [0.25, 0.3) is 0 Å². The molecular weight excluding hydrogens is 294 g/mol. The van der Waals surface area contributed by atoms with Crippen molar-refractivity contribution in [2.45, 2.75) is 45.9 Å². The number of nitrogens with zero attached hydrogens (tertiary/aromatic N) is 1. The molecule has 1 heterocycles. The maximum atomic E-state index is 12.1. The summed E-state index contributed by atoms with van der Waals surface area (Å²) >= 11 is 1.77. The zero-order valence-electron chi connectivity index (χ0n) is 13.8. The van der Waals surface area contributed by atoms with E-state index in [0.717, 1.165) is 11.3 Å². The molecule has 3 nitrogen and oxygen atoms in total. The van der Waals surface area contributed by atoms with Gasteiger partial charge in [-0.3, -0.25) is 9.59 Å². The highest BCUT2D eigenvalue weighted by Crippen LogP contribution is 2.34. The molecule has 0 fully saturated rings. The number of thioether (sulfide) groups is 1. The molecule has 1 unspecified atom stereocenters. The third-order valence-corrected chi connectivity index (χ3v) is 5.00. The zero-order valence-corrected chi connectivity index (χ0v) is 14.7. The number of pyridine rings is 1. The van der Waals surface area contributed by atoms with Crippen molar-refractivity contribution < 1.29 is 4.79 Å². The molecule has 1 atom stereocenters. The molecule has 0 saturated heterocycles. The number of Topliss-reactive ketones (excluding diaryl/α,β-unsaturated/α-hetero) is 1. The van der Waals surface area contributed by atoms with Gasteiger partial charge in [-0.2, -0.15) is 11.8 Å². The number of carbonyl (C=O) groups excluding carboxylic acids is 1. The van der Waals surface area contributed by atoms with E-state index in [9.17, 15) is 9.59 Å². The summed E-state index contributed by atoms with van der Waals surface area (Å²) in [6, 6.07) is 3.36. The van der Waals surface area contributed by atoms with Crippen LogP contribution in [0.15, 0.2) is 23.1 Å². The molecule has 0 radical (unpaired) electrons. The molecule has 120 valence electrons. The number of hydrogen-bond donors (Lipinski definition) is 0. The lowest BCUT2D eigenvalue weighted by molar-refractivity contribution is -0.121. The predicted octanol–water partition coefficient (Wildman–Crippen LogP) is 3.53. The van der Waals surface area contributed by atoms with Crippen LogP contribution in [0.2, 0.25) is 0 Å². The van der Waals surface area contributed by atoms with E-state index in [0.29, 0.717) is 12.3 Å². The van der Waals surface area contributed by atoms with Crippen molar-refractivity contribution in [3.63, 3.8) is 0 Å². The maximum Gasteiger partial charge on any atom is 0.251 e. The first-order valence-electron chi connectivity index (χ1n) is 7.63. The van der Waals surface area contributed by atoms with Crippen LogP contribution in [0.1, 0.15) is 44.9 Å². The van der Waals surface area contributed by atoms with Gasteiger partial charge in [0.25, 0.3) is 5.56 Å². The molecular formula is C18H25NO2S. The second-order valence-corrected chi connectivity index (χ2v) is 7.41. The van der Waals surface area contributed by atoms with E-state index in [1.807, 2.05) is 19.9 Å². The number of terminal acetylenes is 1. The van der Waals surface area contributed by atoms with Gasteiger partial charge >= 0.3 is 0 Å². The Bertz CT molecular complexity index is 596. The summed E-state index contributed by atoms with van der Waals surface area (Å²) in [5, 5.41) is 0.0712. The first kappa shape index (κ1) is 18.6. The van der Waals surface area contributed by atoms with E-state index in [2.05, 4.69) is 19.8 Å². The summed E-state index contributed by atoms with van der Waals surface area (Å²) in [4.78, 5) is 23.9. The Balaban J connectivity index is 3.04. The Hall–Kier alpha value is -1.47. The summed E-state index contributed by atoms with van der Waals surface area (Å²) in [5.41, 5.74) is 0.888. The normalized spacial score (nSPS) is 12.4. The van der Waals surface area contributed by atoms with E-state index in [4.69, 9.17) is 6.42 Å². The van der Waals surface area contributed by atoms with Gasteiger partial charge in [0, 0.05) is 29.9 Å². The lowest BCUT2D eigenvalue weighted by atomic mass is 10.0. The Kier molecular flexibility index (Phi) is 7.47. The van der Waals surface area contributed by atoms with Crippen LogP contribution in [0.5, 0.6) is 0 Å². The molecule has 1 aromatic rings. The fourth-order valence-corrected chi connectivity index (χ4v) is 3.19. The summed E-state index contributed by atoms with van der Waals surface area (Å²) in [5.74, 6) is 4.29. The van der Waals surface area contributed by atoms with Crippen LogP contribution in [0.3, 0.4) is 0 Å². The third-order valence-electron chi connectivity index (χ3n) is 3.30. The fourth-order valence-electron chi connectivity index (χ4n) is 1.96. The van der Waals surface area contributed by atoms with Gasteiger partial charge in [-0.05, 0) is 17.2 Å². The molecule has 1 aromatic heterocycles. The number of rotatable bonds is 8. The first-order chi connectivity index (χ1) is 10.3. The Morgan fingerprint density at radius 2 is 2.00 bits per heavy atom. The van der Waals surface area contributed by atoms with Crippen molar-refractivity contribution >= 4 is 17.5 Å². The number of hydrogen-bond acceptors (Lipinski definition) is 3. The van der Waals surface area contributed by atoms with Crippen molar-refractivity contribution in [1.29, 1.82) is 0 Å². The molecule has 0 N–H and O–H groups in total. The van der Waals surface area contributed by atoms with E-state index in [1.54, 1.807) is 18.0 Å². The smallest absolute Gasteiger partial charge is 0.251 e. The van der Waals surface area contributed by atoms with Gasteiger partial charge in [-0.1, -0.05) is 39.7 Å². The molecule has 1 rings (SSSR count). The van der Waals surface area contributed by atoms with Gasteiger partial charge in [-0.25, -0.2) is 0 Å². The quantitative estimate of drug-likeness (QED) is 0.688. The molecule has 0 spiro atoms. The largest absolute Gasteiger partial charge is 0.304 e. The van der Waals surface area contributed by atoms with Crippen LogP contribution in [0, 0.1) is 24.2 Å². The van der Waals surface area contributed by atoms with Crippen molar-refractivity contribution in [2.75, 3.05) is 5.75 Å². The lowest BCUT2D eigenvalue weighted by Crippen LogP contribution is -2.20. The topological polar surface area (TPSA) is 39.1 Å². The molecule has 0 aliphatic carbocycles. The van der Waals surface area contributed by atoms with Gasteiger partial charge in [0.2, 0.25) is 0 Å². The number of ketones is 1. The number of aromatic nitrogens is 1. The summed E-state index contributed by atoms with van der Waals surface area (Å²) in [6.45, 7) is 8.42.